The molecule has 2 heterocycles. The lowest BCUT2D eigenvalue weighted by Gasteiger charge is -2.22. The average Bonchev–Trinajstić information content (AvgIpc) is 2.54. The summed E-state index contributed by atoms with van der Waals surface area (Å²) in [7, 11) is 0. The maximum absolute atomic E-state index is 5.57. The summed E-state index contributed by atoms with van der Waals surface area (Å²) in [4.78, 5) is 4.15. The monoisotopic (exact) mass is 166 g/mol. The van der Waals surface area contributed by atoms with Crippen molar-refractivity contribution in [3.63, 3.8) is 0 Å². The summed E-state index contributed by atoms with van der Waals surface area (Å²) < 4.78 is 5.29. The third-order valence-electron chi connectivity index (χ3n) is 2.52. The van der Waals surface area contributed by atoms with Crippen LogP contribution < -0.4 is 5.73 Å². The van der Waals surface area contributed by atoms with Gasteiger partial charge in [-0.15, -0.1) is 0 Å². The van der Waals surface area contributed by atoms with Gasteiger partial charge in [0.25, 0.3) is 0 Å². The zero-order chi connectivity index (χ0) is 8.39. The second-order valence-electron chi connectivity index (χ2n) is 3.35. The van der Waals surface area contributed by atoms with Crippen LogP contribution in [0.5, 0.6) is 0 Å². The van der Waals surface area contributed by atoms with Crippen molar-refractivity contribution in [3.8, 4) is 0 Å². The number of ether oxygens (including phenoxy) is 1. The van der Waals surface area contributed by atoms with Crippen LogP contribution in [0.15, 0.2) is 16.6 Å². The molecule has 0 amide bonds. The average molecular weight is 166 g/mol. The Kier molecular flexibility index (Phi) is 2.13. The Morgan fingerprint density at radius 1 is 1.42 bits per heavy atom. The Balaban J connectivity index is 1.96. The summed E-state index contributed by atoms with van der Waals surface area (Å²) in [6.45, 7) is 2.60. The molecular weight excluding hydrogens is 152 g/mol. The summed E-state index contributed by atoms with van der Waals surface area (Å²) in [5.41, 5.74) is 6.97. The van der Waals surface area contributed by atoms with Crippen molar-refractivity contribution in [2.45, 2.75) is 12.8 Å². The quantitative estimate of drug-likeness (QED) is 0.623. The first-order chi connectivity index (χ1) is 5.86. The third kappa shape index (κ3) is 1.50. The Morgan fingerprint density at radius 3 is 2.75 bits per heavy atom. The highest BCUT2D eigenvalue weighted by atomic mass is 16.5. The van der Waals surface area contributed by atoms with Gasteiger partial charge in [0.05, 0.1) is 6.54 Å². The van der Waals surface area contributed by atoms with Crippen LogP contribution in [0.2, 0.25) is 0 Å². The number of nitrogens with zero attached hydrogens (tertiary/aromatic N) is 1. The molecule has 1 fully saturated rings. The molecule has 1 saturated heterocycles. The van der Waals surface area contributed by atoms with Crippen molar-refractivity contribution in [2.75, 3.05) is 19.8 Å². The van der Waals surface area contributed by atoms with Gasteiger partial charge >= 0.3 is 0 Å². The van der Waals surface area contributed by atoms with E-state index in [1.54, 1.807) is 0 Å². The lowest BCUT2D eigenvalue weighted by Crippen LogP contribution is -2.18. The summed E-state index contributed by atoms with van der Waals surface area (Å²) in [6.07, 6.45) is 4.29. The van der Waals surface area contributed by atoms with E-state index < -0.39 is 0 Å². The fourth-order valence-corrected chi connectivity index (χ4v) is 1.78. The zero-order valence-corrected chi connectivity index (χ0v) is 7.12. The van der Waals surface area contributed by atoms with Gasteiger partial charge in [0, 0.05) is 13.2 Å². The van der Waals surface area contributed by atoms with Gasteiger partial charge in [-0.2, -0.15) is 0 Å². The molecule has 3 heteroatoms. The Labute approximate surface area is 72.3 Å². The van der Waals surface area contributed by atoms with Crippen LogP contribution in [0.3, 0.4) is 0 Å². The van der Waals surface area contributed by atoms with Gasteiger partial charge in [0.2, 0.25) is 0 Å². The SMILES string of the molecule is NC1=NCC(C2CCOCC2)=C1. The normalized spacial score (nSPS) is 25.3. The molecule has 0 spiro atoms. The molecule has 0 aromatic carbocycles. The van der Waals surface area contributed by atoms with E-state index in [9.17, 15) is 0 Å². The van der Waals surface area contributed by atoms with E-state index in [0.29, 0.717) is 11.8 Å². The molecule has 12 heavy (non-hydrogen) atoms. The van der Waals surface area contributed by atoms with Crippen molar-refractivity contribution in [2.24, 2.45) is 16.6 Å². The summed E-state index contributed by atoms with van der Waals surface area (Å²) in [6, 6.07) is 0. The van der Waals surface area contributed by atoms with E-state index >= 15 is 0 Å². The van der Waals surface area contributed by atoms with Crippen molar-refractivity contribution < 1.29 is 4.74 Å². The number of hydrogen-bond donors (Lipinski definition) is 1. The lowest BCUT2D eigenvalue weighted by atomic mass is 9.92. The van der Waals surface area contributed by atoms with Gasteiger partial charge < -0.3 is 10.5 Å². The van der Waals surface area contributed by atoms with E-state index in [2.05, 4.69) is 4.99 Å². The molecule has 0 atom stereocenters. The van der Waals surface area contributed by atoms with Crippen molar-refractivity contribution in [1.82, 2.24) is 0 Å². The highest BCUT2D eigenvalue weighted by Crippen LogP contribution is 2.25. The fraction of sp³-hybridized carbons (Fsp3) is 0.667. The predicted molar refractivity (Wildman–Crippen MR) is 48.1 cm³/mol. The van der Waals surface area contributed by atoms with Crippen LogP contribution in [0, 0.1) is 5.92 Å². The Hall–Kier alpha value is -0.830. The van der Waals surface area contributed by atoms with Crippen LogP contribution in [0.1, 0.15) is 12.8 Å². The van der Waals surface area contributed by atoms with Crippen LogP contribution in [0.4, 0.5) is 0 Å². The van der Waals surface area contributed by atoms with Crippen LogP contribution in [-0.2, 0) is 4.74 Å². The molecular formula is C9H14N2O. The van der Waals surface area contributed by atoms with Gasteiger partial charge in [-0.1, -0.05) is 0 Å². The largest absolute Gasteiger partial charge is 0.384 e. The number of rotatable bonds is 1. The molecule has 0 aromatic rings. The second-order valence-corrected chi connectivity index (χ2v) is 3.35. The Bertz CT molecular complexity index is 227. The molecule has 3 nitrogen and oxygen atoms in total. The van der Waals surface area contributed by atoms with E-state index in [-0.39, 0.29) is 0 Å². The minimum absolute atomic E-state index is 0.670. The lowest BCUT2D eigenvalue weighted by molar-refractivity contribution is 0.0756. The third-order valence-corrected chi connectivity index (χ3v) is 2.52. The van der Waals surface area contributed by atoms with Gasteiger partial charge in [-0.3, -0.25) is 4.99 Å². The molecule has 2 aliphatic rings. The molecule has 0 aromatic heterocycles. The summed E-state index contributed by atoms with van der Waals surface area (Å²) >= 11 is 0. The van der Waals surface area contributed by atoms with Crippen LogP contribution in [-0.4, -0.2) is 25.6 Å². The smallest absolute Gasteiger partial charge is 0.118 e. The first-order valence-electron chi connectivity index (χ1n) is 4.44. The van der Waals surface area contributed by atoms with Gasteiger partial charge in [-0.25, -0.2) is 0 Å². The fourth-order valence-electron chi connectivity index (χ4n) is 1.78. The molecule has 0 radical (unpaired) electrons. The van der Waals surface area contributed by atoms with E-state index in [1.807, 2.05) is 6.08 Å². The van der Waals surface area contributed by atoms with E-state index in [4.69, 9.17) is 10.5 Å². The van der Waals surface area contributed by atoms with Crippen molar-refractivity contribution in [3.05, 3.63) is 11.6 Å². The molecule has 2 aliphatic heterocycles. The first kappa shape index (κ1) is 7.80. The summed E-state index contributed by atoms with van der Waals surface area (Å²) in [5.74, 6) is 1.36. The number of hydrogen-bond acceptors (Lipinski definition) is 3. The molecule has 0 unspecified atom stereocenters. The van der Waals surface area contributed by atoms with Gasteiger partial charge in [0.15, 0.2) is 0 Å². The van der Waals surface area contributed by atoms with Gasteiger partial charge in [-0.05, 0) is 30.4 Å². The number of amidine groups is 1. The molecule has 2 rings (SSSR count). The zero-order valence-electron chi connectivity index (χ0n) is 7.12. The number of nitrogens with two attached hydrogens (primary N) is 1. The number of aliphatic imine (C=N–C) groups is 1. The van der Waals surface area contributed by atoms with Crippen molar-refractivity contribution in [1.29, 1.82) is 0 Å². The van der Waals surface area contributed by atoms with Gasteiger partial charge in [0.1, 0.15) is 5.84 Å². The van der Waals surface area contributed by atoms with E-state index in [0.717, 1.165) is 32.6 Å². The minimum Gasteiger partial charge on any atom is -0.384 e. The summed E-state index contributed by atoms with van der Waals surface area (Å²) in [5, 5.41) is 0. The maximum atomic E-state index is 5.57. The molecule has 0 aliphatic carbocycles. The molecule has 0 bridgehead atoms. The Morgan fingerprint density at radius 2 is 2.17 bits per heavy atom. The maximum Gasteiger partial charge on any atom is 0.118 e. The first-order valence-corrected chi connectivity index (χ1v) is 4.44. The molecule has 66 valence electrons. The van der Waals surface area contributed by atoms with Crippen LogP contribution >= 0.6 is 0 Å². The molecule has 2 N–H and O–H groups in total. The second kappa shape index (κ2) is 3.27. The van der Waals surface area contributed by atoms with E-state index in [1.165, 1.54) is 5.57 Å². The highest BCUT2D eigenvalue weighted by Gasteiger charge is 2.20. The van der Waals surface area contributed by atoms with Crippen molar-refractivity contribution >= 4 is 5.84 Å². The van der Waals surface area contributed by atoms with Crippen LogP contribution in [0.25, 0.3) is 0 Å². The predicted octanol–water partition coefficient (Wildman–Crippen LogP) is 0.710. The molecule has 0 saturated carbocycles. The minimum atomic E-state index is 0.670. The topological polar surface area (TPSA) is 47.6 Å². The highest BCUT2D eigenvalue weighted by molar-refractivity contribution is 5.94. The standard InChI is InChI=1S/C9H14N2O/c10-9-5-8(6-11-9)7-1-3-12-4-2-7/h5,7H,1-4,6H2,(H2,10,11).